The molecular weight excluding hydrogens is 259 g/mol. The van der Waals surface area contributed by atoms with Crippen LogP contribution in [0.1, 0.15) is 12.8 Å². The Hall–Kier alpha value is -0.610. The molecule has 1 aromatic rings. The molecule has 15 heavy (non-hydrogen) atoms. The Kier molecular flexibility index (Phi) is 3.26. The van der Waals surface area contributed by atoms with E-state index in [-0.39, 0.29) is 5.82 Å². The van der Waals surface area contributed by atoms with Crippen molar-refractivity contribution >= 4 is 21.6 Å². The number of nitrogens with two attached hydrogens (primary N) is 1. The molecule has 1 aliphatic rings. The van der Waals surface area contributed by atoms with E-state index in [0.717, 1.165) is 36.1 Å². The lowest BCUT2D eigenvalue weighted by molar-refractivity contribution is 0.500. The van der Waals surface area contributed by atoms with Gasteiger partial charge in [-0.2, -0.15) is 0 Å². The van der Waals surface area contributed by atoms with Crippen LogP contribution in [0.2, 0.25) is 0 Å². The van der Waals surface area contributed by atoms with Crippen LogP contribution in [0.25, 0.3) is 0 Å². The van der Waals surface area contributed by atoms with Crippen molar-refractivity contribution in [1.29, 1.82) is 0 Å². The summed E-state index contributed by atoms with van der Waals surface area (Å²) in [6.45, 7) is 1.90. The number of nitrogens with zero attached hydrogens (tertiary/aromatic N) is 1. The van der Waals surface area contributed by atoms with Crippen molar-refractivity contribution in [2.45, 2.75) is 18.9 Å². The van der Waals surface area contributed by atoms with Crippen LogP contribution in [0.3, 0.4) is 0 Å². The molecule has 0 radical (unpaired) electrons. The van der Waals surface area contributed by atoms with E-state index in [2.05, 4.69) is 20.8 Å². The molecule has 1 fully saturated rings. The van der Waals surface area contributed by atoms with Crippen LogP contribution in [0.5, 0.6) is 0 Å². The van der Waals surface area contributed by atoms with Gasteiger partial charge in [-0.25, -0.2) is 4.39 Å². The number of rotatable bonds is 1. The van der Waals surface area contributed by atoms with Crippen LogP contribution in [0, 0.1) is 5.82 Å². The highest BCUT2D eigenvalue weighted by molar-refractivity contribution is 9.10. The van der Waals surface area contributed by atoms with Gasteiger partial charge < -0.3 is 10.6 Å². The summed E-state index contributed by atoms with van der Waals surface area (Å²) in [7, 11) is 0. The van der Waals surface area contributed by atoms with E-state index < -0.39 is 0 Å². The fraction of sp³-hybridized carbons (Fsp3) is 0.455. The Balaban J connectivity index is 2.15. The zero-order chi connectivity index (χ0) is 10.8. The Morgan fingerprint density at radius 3 is 2.60 bits per heavy atom. The molecule has 2 N–H and O–H groups in total. The van der Waals surface area contributed by atoms with E-state index in [9.17, 15) is 4.39 Å². The fourth-order valence-corrected chi connectivity index (χ4v) is 2.48. The predicted molar refractivity (Wildman–Crippen MR) is 63.5 cm³/mol. The van der Waals surface area contributed by atoms with Crippen LogP contribution in [0.4, 0.5) is 10.1 Å². The average molecular weight is 273 g/mol. The number of hydrogen-bond acceptors (Lipinski definition) is 2. The molecule has 0 bridgehead atoms. The maximum atomic E-state index is 12.9. The van der Waals surface area contributed by atoms with Crippen LogP contribution in [-0.4, -0.2) is 19.1 Å². The highest BCUT2D eigenvalue weighted by atomic mass is 79.9. The first-order valence-electron chi connectivity index (χ1n) is 5.12. The average Bonchev–Trinajstić information content (AvgIpc) is 2.20. The van der Waals surface area contributed by atoms with Crippen molar-refractivity contribution in [3.63, 3.8) is 0 Å². The number of piperidine rings is 1. The van der Waals surface area contributed by atoms with Crippen molar-refractivity contribution in [3.05, 3.63) is 28.5 Å². The number of hydrogen-bond donors (Lipinski definition) is 1. The quantitative estimate of drug-likeness (QED) is 0.851. The summed E-state index contributed by atoms with van der Waals surface area (Å²) in [5.41, 5.74) is 6.90. The van der Waals surface area contributed by atoms with Gasteiger partial charge >= 0.3 is 0 Å². The number of anilines is 1. The molecule has 4 heteroatoms. The SMILES string of the molecule is NC1CCN(c2ccc(F)cc2Br)CC1. The molecule has 0 unspecified atom stereocenters. The zero-order valence-electron chi connectivity index (χ0n) is 8.42. The Morgan fingerprint density at radius 1 is 1.33 bits per heavy atom. The van der Waals surface area contributed by atoms with Crippen LogP contribution < -0.4 is 10.6 Å². The van der Waals surface area contributed by atoms with Gasteiger partial charge in [0.15, 0.2) is 0 Å². The van der Waals surface area contributed by atoms with Crippen molar-refractivity contribution in [1.82, 2.24) is 0 Å². The summed E-state index contributed by atoms with van der Waals surface area (Å²) < 4.78 is 13.7. The molecule has 0 aliphatic carbocycles. The topological polar surface area (TPSA) is 29.3 Å². The van der Waals surface area contributed by atoms with E-state index in [0.29, 0.717) is 6.04 Å². The first-order valence-corrected chi connectivity index (χ1v) is 5.91. The monoisotopic (exact) mass is 272 g/mol. The summed E-state index contributed by atoms with van der Waals surface area (Å²) in [4.78, 5) is 2.24. The largest absolute Gasteiger partial charge is 0.371 e. The van der Waals surface area contributed by atoms with Crippen LogP contribution >= 0.6 is 15.9 Å². The Labute approximate surface area is 97.4 Å². The first kappa shape index (κ1) is 10.9. The third-order valence-electron chi connectivity index (χ3n) is 2.79. The van der Waals surface area contributed by atoms with Crippen molar-refractivity contribution < 1.29 is 4.39 Å². The maximum absolute atomic E-state index is 12.9. The third-order valence-corrected chi connectivity index (χ3v) is 3.43. The summed E-state index contributed by atoms with van der Waals surface area (Å²) in [5, 5.41) is 0. The predicted octanol–water partition coefficient (Wildman–Crippen LogP) is 2.52. The molecule has 82 valence electrons. The second kappa shape index (κ2) is 4.49. The molecular formula is C11H14BrFN2. The van der Waals surface area contributed by atoms with Crippen molar-refractivity contribution in [2.75, 3.05) is 18.0 Å². The van der Waals surface area contributed by atoms with Crippen molar-refractivity contribution in [3.8, 4) is 0 Å². The normalized spacial score (nSPS) is 18.2. The molecule has 1 aromatic carbocycles. The summed E-state index contributed by atoms with van der Waals surface area (Å²) in [6.07, 6.45) is 2.01. The second-order valence-electron chi connectivity index (χ2n) is 3.92. The van der Waals surface area contributed by atoms with Gasteiger partial charge in [-0.05, 0) is 47.0 Å². The molecule has 0 amide bonds. The molecule has 2 rings (SSSR count). The number of halogens is 2. The van der Waals surface area contributed by atoms with Gasteiger partial charge in [0.25, 0.3) is 0 Å². The summed E-state index contributed by atoms with van der Waals surface area (Å²) >= 11 is 3.38. The van der Waals surface area contributed by atoms with E-state index >= 15 is 0 Å². The lowest BCUT2D eigenvalue weighted by Gasteiger charge is -2.32. The van der Waals surface area contributed by atoms with E-state index in [1.54, 1.807) is 0 Å². The first-order chi connectivity index (χ1) is 7.16. The minimum Gasteiger partial charge on any atom is -0.371 e. The molecule has 1 saturated heterocycles. The molecule has 1 aliphatic heterocycles. The van der Waals surface area contributed by atoms with Gasteiger partial charge in [-0.1, -0.05) is 0 Å². The van der Waals surface area contributed by atoms with Gasteiger partial charge in [-0.15, -0.1) is 0 Å². The van der Waals surface area contributed by atoms with Gasteiger partial charge in [0.05, 0.1) is 5.69 Å². The molecule has 0 aromatic heterocycles. The summed E-state index contributed by atoms with van der Waals surface area (Å²) in [6, 6.07) is 5.13. The van der Waals surface area contributed by atoms with E-state index in [1.807, 2.05) is 6.07 Å². The second-order valence-corrected chi connectivity index (χ2v) is 4.77. The molecule has 1 heterocycles. The standard InChI is InChI=1S/C11H14BrFN2/c12-10-7-8(13)1-2-11(10)15-5-3-9(14)4-6-15/h1-2,7,9H,3-6,14H2. The van der Waals surface area contributed by atoms with Gasteiger partial charge in [0.1, 0.15) is 5.82 Å². The molecule has 0 saturated carbocycles. The third kappa shape index (κ3) is 2.49. The Bertz CT molecular complexity index is 348. The van der Waals surface area contributed by atoms with Crippen LogP contribution in [0.15, 0.2) is 22.7 Å². The highest BCUT2D eigenvalue weighted by Gasteiger charge is 2.17. The molecule has 0 atom stereocenters. The summed E-state index contributed by atoms with van der Waals surface area (Å²) in [5.74, 6) is -0.209. The lowest BCUT2D eigenvalue weighted by atomic mass is 10.1. The minimum atomic E-state index is -0.209. The van der Waals surface area contributed by atoms with Gasteiger partial charge in [0.2, 0.25) is 0 Å². The maximum Gasteiger partial charge on any atom is 0.124 e. The molecule has 2 nitrogen and oxygen atoms in total. The molecule has 0 spiro atoms. The Morgan fingerprint density at radius 2 is 2.00 bits per heavy atom. The highest BCUT2D eigenvalue weighted by Crippen LogP contribution is 2.28. The lowest BCUT2D eigenvalue weighted by Crippen LogP contribution is -2.39. The van der Waals surface area contributed by atoms with E-state index in [4.69, 9.17) is 5.73 Å². The number of benzene rings is 1. The van der Waals surface area contributed by atoms with E-state index in [1.165, 1.54) is 12.1 Å². The van der Waals surface area contributed by atoms with Gasteiger partial charge in [-0.3, -0.25) is 0 Å². The minimum absolute atomic E-state index is 0.209. The van der Waals surface area contributed by atoms with Crippen LogP contribution in [-0.2, 0) is 0 Å². The van der Waals surface area contributed by atoms with Crippen molar-refractivity contribution in [2.24, 2.45) is 5.73 Å². The zero-order valence-corrected chi connectivity index (χ0v) is 10.0. The smallest absolute Gasteiger partial charge is 0.124 e. The fourth-order valence-electron chi connectivity index (χ4n) is 1.88. The van der Waals surface area contributed by atoms with Gasteiger partial charge in [0, 0.05) is 23.6 Å².